The molecule has 0 aromatic carbocycles. The first-order chi connectivity index (χ1) is 8.94. The molecular weight excluding hydrogens is 248 g/mol. The second-order valence-electron chi connectivity index (χ2n) is 5.10. The van der Waals surface area contributed by atoms with E-state index in [1.165, 1.54) is 0 Å². The van der Waals surface area contributed by atoms with Crippen LogP contribution >= 0.6 is 0 Å². The van der Waals surface area contributed by atoms with E-state index in [0.29, 0.717) is 12.8 Å². The van der Waals surface area contributed by atoms with Gasteiger partial charge in [-0.1, -0.05) is 18.9 Å². The van der Waals surface area contributed by atoms with Crippen LogP contribution in [0.4, 0.5) is 0 Å². The molecule has 1 fully saturated rings. The Morgan fingerprint density at radius 1 is 1.37 bits per heavy atom. The average Bonchev–Trinajstić information content (AvgIpc) is 2.38. The Hall–Kier alpha value is -1.52. The minimum Gasteiger partial charge on any atom is -0.499 e. The molecule has 0 bridgehead atoms. The lowest BCUT2D eigenvalue weighted by molar-refractivity contribution is -0.167. The number of allylic oxidation sites excluding steroid dienone is 2. The summed E-state index contributed by atoms with van der Waals surface area (Å²) in [6.07, 6.45) is 4.43. The van der Waals surface area contributed by atoms with Crippen LogP contribution in [0.15, 0.2) is 11.8 Å². The summed E-state index contributed by atoms with van der Waals surface area (Å²) in [6, 6.07) is 0. The van der Waals surface area contributed by atoms with Gasteiger partial charge in [0.25, 0.3) is 0 Å². The average molecular weight is 270 g/mol. The van der Waals surface area contributed by atoms with Crippen LogP contribution < -0.4 is 0 Å². The van der Waals surface area contributed by atoms with Gasteiger partial charge in [-0.3, -0.25) is 9.59 Å². The van der Waals surface area contributed by atoms with Gasteiger partial charge >= 0.3 is 11.9 Å². The van der Waals surface area contributed by atoms with Crippen molar-refractivity contribution in [3.63, 3.8) is 0 Å². The zero-order valence-electron chi connectivity index (χ0n) is 11.5. The summed E-state index contributed by atoms with van der Waals surface area (Å²) in [7, 11) is 0. The lowest BCUT2D eigenvalue weighted by Gasteiger charge is -2.38. The number of aliphatic carboxylic acids is 2. The largest absolute Gasteiger partial charge is 0.499 e. The van der Waals surface area contributed by atoms with Gasteiger partial charge in [-0.25, -0.2) is 0 Å². The molecule has 19 heavy (non-hydrogen) atoms. The minimum atomic E-state index is -1.18. The molecular formula is C14H22O5. The van der Waals surface area contributed by atoms with Crippen molar-refractivity contribution in [3.8, 4) is 0 Å². The van der Waals surface area contributed by atoms with Gasteiger partial charge < -0.3 is 14.9 Å². The quantitative estimate of drug-likeness (QED) is 0.725. The Bertz CT molecular complexity index is 374. The van der Waals surface area contributed by atoms with Crippen LogP contribution in [-0.4, -0.2) is 28.8 Å². The molecule has 0 spiro atoms. The number of carboxylic acids is 2. The summed E-state index contributed by atoms with van der Waals surface area (Å²) in [5.41, 5.74) is -1.18. The molecule has 0 aromatic rings. The highest BCUT2D eigenvalue weighted by molar-refractivity contribution is 5.83. The molecule has 5 heteroatoms. The molecule has 2 N–H and O–H groups in total. The van der Waals surface area contributed by atoms with Crippen LogP contribution in [-0.2, 0) is 14.3 Å². The first-order valence-electron chi connectivity index (χ1n) is 6.66. The highest BCUT2D eigenvalue weighted by Crippen LogP contribution is 2.44. The maximum Gasteiger partial charge on any atom is 0.310 e. The first-order valence-corrected chi connectivity index (χ1v) is 6.66. The summed E-state index contributed by atoms with van der Waals surface area (Å²) < 4.78 is 5.40. The SMILES string of the molecule is CC=C(C)OCCC1(C(=O)O)CCCCC1C(=O)O. The lowest BCUT2D eigenvalue weighted by atomic mass is 9.64. The number of hydrogen-bond acceptors (Lipinski definition) is 3. The van der Waals surface area contributed by atoms with Crippen LogP contribution in [0.25, 0.3) is 0 Å². The van der Waals surface area contributed by atoms with Crippen molar-refractivity contribution in [1.29, 1.82) is 0 Å². The van der Waals surface area contributed by atoms with Crippen molar-refractivity contribution in [3.05, 3.63) is 11.8 Å². The summed E-state index contributed by atoms with van der Waals surface area (Å²) in [6.45, 7) is 3.87. The van der Waals surface area contributed by atoms with Crippen molar-refractivity contribution < 1.29 is 24.5 Å². The number of rotatable bonds is 6. The van der Waals surface area contributed by atoms with Crippen molar-refractivity contribution in [2.45, 2.75) is 46.0 Å². The molecule has 0 heterocycles. The Labute approximate surface area is 113 Å². The summed E-state index contributed by atoms with van der Waals surface area (Å²) >= 11 is 0. The molecule has 5 nitrogen and oxygen atoms in total. The van der Waals surface area contributed by atoms with Gasteiger partial charge in [0.15, 0.2) is 0 Å². The Morgan fingerprint density at radius 2 is 2.05 bits per heavy atom. The maximum atomic E-state index is 11.6. The van der Waals surface area contributed by atoms with E-state index >= 15 is 0 Å². The smallest absolute Gasteiger partial charge is 0.310 e. The van der Waals surface area contributed by atoms with E-state index < -0.39 is 23.3 Å². The minimum absolute atomic E-state index is 0.241. The third-order valence-corrected chi connectivity index (χ3v) is 4.04. The van der Waals surface area contributed by atoms with E-state index in [2.05, 4.69) is 0 Å². The van der Waals surface area contributed by atoms with Crippen molar-refractivity contribution >= 4 is 11.9 Å². The lowest BCUT2D eigenvalue weighted by Crippen LogP contribution is -2.45. The molecule has 0 aliphatic heterocycles. The van der Waals surface area contributed by atoms with Crippen molar-refractivity contribution in [2.75, 3.05) is 6.61 Å². The molecule has 1 rings (SSSR count). The highest BCUT2D eigenvalue weighted by Gasteiger charge is 2.50. The molecule has 2 unspecified atom stereocenters. The fraction of sp³-hybridized carbons (Fsp3) is 0.714. The number of carbonyl (C=O) groups is 2. The maximum absolute atomic E-state index is 11.6. The van der Waals surface area contributed by atoms with Gasteiger partial charge in [0.2, 0.25) is 0 Å². The van der Waals surface area contributed by atoms with Crippen LogP contribution in [0, 0.1) is 11.3 Å². The third-order valence-electron chi connectivity index (χ3n) is 4.04. The fourth-order valence-corrected chi connectivity index (χ4v) is 2.74. The Kier molecular flexibility index (Phi) is 5.39. The van der Waals surface area contributed by atoms with Crippen LogP contribution in [0.5, 0.6) is 0 Å². The van der Waals surface area contributed by atoms with Crippen LogP contribution in [0.2, 0.25) is 0 Å². The number of hydrogen-bond donors (Lipinski definition) is 2. The van der Waals surface area contributed by atoms with E-state index in [0.717, 1.165) is 18.6 Å². The number of ether oxygens (including phenoxy) is 1. The van der Waals surface area contributed by atoms with E-state index in [-0.39, 0.29) is 13.0 Å². The Morgan fingerprint density at radius 3 is 2.58 bits per heavy atom. The van der Waals surface area contributed by atoms with E-state index in [1.807, 2.05) is 6.92 Å². The monoisotopic (exact) mass is 270 g/mol. The molecule has 108 valence electrons. The zero-order chi connectivity index (χ0) is 14.5. The second kappa shape index (κ2) is 6.59. The molecule has 1 saturated carbocycles. The van der Waals surface area contributed by atoms with Gasteiger partial charge in [0.1, 0.15) is 0 Å². The normalized spacial score (nSPS) is 27.9. The molecule has 0 amide bonds. The topological polar surface area (TPSA) is 83.8 Å². The number of carboxylic acid groups (broad SMARTS) is 2. The molecule has 0 saturated heterocycles. The molecule has 2 atom stereocenters. The predicted molar refractivity (Wildman–Crippen MR) is 69.7 cm³/mol. The van der Waals surface area contributed by atoms with Gasteiger partial charge in [-0.05, 0) is 33.1 Å². The van der Waals surface area contributed by atoms with Crippen LogP contribution in [0.3, 0.4) is 0 Å². The van der Waals surface area contributed by atoms with Crippen molar-refractivity contribution in [2.24, 2.45) is 11.3 Å². The summed E-state index contributed by atoms with van der Waals surface area (Å²) in [5, 5.41) is 18.8. The molecule has 0 radical (unpaired) electrons. The second-order valence-corrected chi connectivity index (χ2v) is 5.10. The molecule has 1 aliphatic carbocycles. The zero-order valence-corrected chi connectivity index (χ0v) is 11.5. The molecule has 0 aromatic heterocycles. The third kappa shape index (κ3) is 3.49. The van der Waals surface area contributed by atoms with Gasteiger partial charge in [-0.15, -0.1) is 0 Å². The summed E-state index contributed by atoms with van der Waals surface area (Å²) in [5.74, 6) is -2.11. The van der Waals surface area contributed by atoms with Gasteiger partial charge in [-0.2, -0.15) is 0 Å². The standard InChI is InChI=1S/C14H22O5/c1-3-10(2)19-9-8-14(13(17)18)7-5-4-6-11(14)12(15)16/h3,11H,4-9H2,1-2H3,(H,15,16)(H,17,18). The fourth-order valence-electron chi connectivity index (χ4n) is 2.74. The highest BCUT2D eigenvalue weighted by atomic mass is 16.5. The van der Waals surface area contributed by atoms with Crippen LogP contribution in [0.1, 0.15) is 46.0 Å². The van der Waals surface area contributed by atoms with Gasteiger partial charge in [0, 0.05) is 0 Å². The Balaban J connectivity index is 2.82. The predicted octanol–water partition coefficient (Wildman–Crippen LogP) is 2.66. The molecule has 1 aliphatic rings. The van der Waals surface area contributed by atoms with E-state index in [9.17, 15) is 19.8 Å². The summed E-state index contributed by atoms with van der Waals surface area (Å²) in [4.78, 5) is 22.9. The van der Waals surface area contributed by atoms with Crippen molar-refractivity contribution in [1.82, 2.24) is 0 Å². The van der Waals surface area contributed by atoms with E-state index in [4.69, 9.17) is 4.74 Å². The van der Waals surface area contributed by atoms with Gasteiger partial charge in [0.05, 0.1) is 23.7 Å². The van der Waals surface area contributed by atoms with E-state index in [1.54, 1.807) is 13.0 Å². The first kappa shape index (κ1) is 15.5.